The lowest BCUT2D eigenvalue weighted by Crippen LogP contribution is -2.26. The van der Waals surface area contributed by atoms with Gasteiger partial charge in [0.05, 0.1) is 0 Å². The molecule has 12 heavy (non-hydrogen) atoms. The summed E-state index contributed by atoms with van der Waals surface area (Å²) in [5.41, 5.74) is 1.26. The van der Waals surface area contributed by atoms with Crippen LogP contribution >= 0.6 is 12.6 Å². The van der Waals surface area contributed by atoms with Crippen molar-refractivity contribution < 1.29 is 0 Å². The summed E-state index contributed by atoms with van der Waals surface area (Å²) >= 11 is 4.19. The third-order valence-corrected chi connectivity index (χ3v) is 2.23. The summed E-state index contributed by atoms with van der Waals surface area (Å²) in [6.07, 6.45) is 3.62. The third kappa shape index (κ3) is 3.24. The Morgan fingerprint density at radius 3 is 2.75 bits per heavy atom. The molecule has 0 saturated heterocycles. The zero-order valence-electron chi connectivity index (χ0n) is 7.20. The number of hydrogen-bond acceptors (Lipinski definition) is 3. The Kier molecular flexibility index (Phi) is 4.11. The van der Waals surface area contributed by atoms with Crippen LogP contribution in [0.4, 0.5) is 0 Å². The van der Waals surface area contributed by atoms with Crippen molar-refractivity contribution in [2.45, 2.75) is 19.5 Å². The van der Waals surface area contributed by atoms with Crippen LogP contribution in [-0.4, -0.2) is 16.8 Å². The number of aromatic nitrogens is 1. The molecule has 1 rings (SSSR count). The molecule has 66 valence electrons. The summed E-state index contributed by atoms with van der Waals surface area (Å²) in [6, 6.07) is 4.48. The van der Waals surface area contributed by atoms with Gasteiger partial charge in [0.1, 0.15) is 0 Å². The zero-order chi connectivity index (χ0) is 8.81. The van der Waals surface area contributed by atoms with Crippen LogP contribution in [0.3, 0.4) is 0 Å². The summed E-state index contributed by atoms with van der Waals surface area (Å²) in [7, 11) is 0. The molecule has 0 aliphatic heterocycles. The maximum atomic E-state index is 4.19. The van der Waals surface area contributed by atoms with Crippen LogP contribution in [0.15, 0.2) is 24.5 Å². The van der Waals surface area contributed by atoms with Gasteiger partial charge in [-0.15, -0.1) is 0 Å². The van der Waals surface area contributed by atoms with E-state index in [1.165, 1.54) is 5.56 Å². The number of nitrogens with one attached hydrogen (secondary N) is 1. The van der Waals surface area contributed by atoms with Crippen molar-refractivity contribution >= 4 is 12.6 Å². The largest absolute Gasteiger partial charge is 0.309 e. The molecule has 1 atom stereocenters. The molecule has 1 aromatic heterocycles. The van der Waals surface area contributed by atoms with Crippen LogP contribution in [0.5, 0.6) is 0 Å². The third-order valence-electron chi connectivity index (χ3n) is 1.68. The Bertz CT molecular complexity index is 213. The summed E-state index contributed by atoms with van der Waals surface area (Å²) in [5.74, 6) is 0.866. The first kappa shape index (κ1) is 9.55. The lowest BCUT2D eigenvalue weighted by atomic mass is 10.2. The maximum absolute atomic E-state index is 4.19. The molecule has 0 fully saturated rings. The maximum Gasteiger partial charge on any atom is 0.0271 e. The van der Waals surface area contributed by atoms with E-state index in [9.17, 15) is 0 Å². The van der Waals surface area contributed by atoms with Gasteiger partial charge in [0.25, 0.3) is 0 Å². The predicted molar refractivity (Wildman–Crippen MR) is 54.4 cm³/mol. The number of thiol groups is 1. The highest BCUT2D eigenvalue weighted by Gasteiger charge is 1.96. The molecule has 1 unspecified atom stereocenters. The summed E-state index contributed by atoms with van der Waals surface area (Å²) < 4.78 is 0. The molecule has 0 bridgehead atoms. The van der Waals surface area contributed by atoms with Crippen molar-refractivity contribution in [1.82, 2.24) is 10.3 Å². The molecule has 0 spiro atoms. The monoisotopic (exact) mass is 182 g/mol. The summed E-state index contributed by atoms with van der Waals surface area (Å²) in [6.45, 7) is 3.01. The van der Waals surface area contributed by atoms with Gasteiger partial charge >= 0.3 is 0 Å². The molecule has 1 aromatic rings. The van der Waals surface area contributed by atoms with Crippen molar-refractivity contribution in [3.8, 4) is 0 Å². The van der Waals surface area contributed by atoms with Crippen molar-refractivity contribution in [3.63, 3.8) is 0 Å². The number of nitrogens with zero attached hydrogens (tertiary/aromatic N) is 1. The van der Waals surface area contributed by atoms with Crippen LogP contribution in [0, 0.1) is 0 Å². The minimum Gasteiger partial charge on any atom is -0.309 e. The average molecular weight is 182 g/mol. The van der Waals surface area contributed by atoms with Crippen LogP contribution in [0.25, 0.3) is 0 Å². The first-order chi connectivity index (χ1) is 5.83. The Hall–Kier alpha value is -0.540. The first-order valence-corrected chi connectivity index (χ1v) is 4.69. The van der Waals surface area contributed by atoms with Gasteiger partial charge in [-0.25, -0.2) is 0 Å². The minimum absolute atomic E-state index is 0.460. The van der Waals surface area contributed by atoms with Crippen molar-refractivity contribution in [2.24, 2.45) is 0 Å². The summed E-state index contributed by atoms with van der Waals surface area (Å²) in [5, 5.41) is 3.34. The number of pyridine rings is 1. The van der Waals surface area contributed by atoms with E-state index in [1.807, 2.05) is 24.5 Å². The van der Waals surface area contributed by atoms with Gasteiger partial charge in [-0.2, -0.15) is 12.6 Å². The van der Waals surface area contributed by atoms with Crippen LogP contribution in [-0.2, 0) is 6.54 Å². The molecule has 2 nitrogen and oxygen atoms in total. The van der Waals surface area contributed by atoms with E-state index >= 15 is 0 Å². The number of hydrogen-bond donors (Lipinski definition) is 2. The molecule has 0 amide bonds. The lowest BCUT2D eigenvalue weighted by Gasteiger charge is -2.09. The van der Waals surface area contributed by atoms with E-state index in [0.29, 0.717) is 6.04 Å². The normalized spacial score (nSPS) is 12.8. The van der Waals surface area contributed by atoms with Crippen molar-refractivity contribution in [2.75, 3.05) is 5.75 Å². The van der Waals surface area contributed by atoms with Crippen LogP contribution in [0.1, 0.15) is 12.5 Å². The molecular formula is C9H14N2S. The van der Waals surface area contributed by atoms with Gasteiger partial charge in [-0.3, -0.25) is 4.98 Å². The van der Waals surface area contributed by atoms with Crippen LogP contribution in [0.2, 0.25) is 0 Å². The van der Waals surface area contributed by atoms with E-state index in [-0.39, 0.29) is 0 Å². The van der Waals surface area contributed by atoms with Crippen molar-refractivity contribution in [1.29, 1.82) is 0 Å². The minimum atomic E-state index is 0.460. The molecule has 0 aliphatic carbocycles. The molecule has 0 saturated carbocycles. The van der Waals surface area contributed by atoms with Crippen molar-refractivity contribution in [3.05, 3.63) is 30.1 Å². The fraction of sp³-hybridized carbons (Fsp3) is 0.444. The molecule has 3 heteroatoms. The van der Waals surface area contributed by atoms with Crippen LogP contribution < -0.4 is 5.32 Å². The average Bonchev–Trinajstić information content (AvgIpc) is 2.16. The van der Waals surface area contributed by atoms with Gasteiger partial charge in [0.15, 0.2) is 0 Å². The van der Waals surface area contributed by atoms with Gasteiger partial charge in [0.2, 0.25) is 0 Å². The van der Waals surface area contributed by atoms with E-state index in [4.69, 9.17) is 0 Å². The molecule has 1 heterocycles. The quantitative estimate of drug-likeness (QED) is 0.690. The second kappa shape index (κ2) is 5.17. The number of rotatable bonds is 4. The highest BCUT2D eigenvalue weighted by molar-refractivity contribution is 7.80. The van der Waals surface area contributed by atoms with E-state index in [0.717, 1.165) is 12.3 Å². The lowest BCUT2D eigenvalue weighted by molar-refractivity contribution is 0.596. The van der Waals surface area contributed by atoms with E-state index in [2.05, 4.69) is 29.9 Å². The molecule has 0 aromatic carbocycles. The molecule has 0 radical (unpaired) electrons. The van der Waals surface area contributed by atoms with Gasteiger partial charge < -0.3 is 5.32 Å². The Balaban J connectivity index is 2.33. The van der Waals surface area contributed by atoms with Gasteiger partial charge in [-0.05, 0) is 24.6 Å². The highest BCUT2D eigenvalue weighted by atomic mass is 32.1. The Morgan fingerprint density at radius 1 is 1.50 bits per heavy atom. The van der Waals surface area contributed by atoms with E-state index < -0.39 is 0 Å². The second-order valence-electron chi connectivity index (χ2n) is 2.82. The highest BCUT2D eigenvalue weighted by Crippen LogP contribution is 1.96. The smallest absolute Gasteiger partial charge is 0.0271 e. The van der Waals surface area contributed by atoms with Gasteiger partial charge in [0, 0.05) is 30.7 Å². The second-order valence-corrected chi connectivity index (χ2v) is 3.19. The summed E-state index contributed by atoms with van der Waals surface area (Å²) in [4.78, 5) is 3.95. The predicted octanol–water partition coefficient (Wildman–Crippen LogP) is 1.49. The molecule has 0 aliphatic rings. The molecular weight excluding hydrogens is 168 g/mol. The van der Waals surface area contributed by atoms with E-state index in [1.54, 1.807) is 0 Å². The Labute approximate surface area is 78.8 Å². The first-order valence-electron chi connectivity index (χ1n) is 4.06. The topological polar surface area (TPSA) is 24.9 Å². The fourth-order valence-electron chi connectivity index (χ4n) is 0.857. The standard InChI is InChI=1S/C9H14N2S/c1-8(7-12)11-6-9-2-4-10-5-3-9/h2-5,8,11-12H,6-7H2,1H3. The molecule has 1 N–H and O–H groups in total. The SMILES string of the molecule is CC(CS)NCc1ccncc1. The Morgan fingerprint density at radius 2 is 2.17 bits per heavy atom. The van der Waals surface area contributed by atoms with Gasteiger partial charge in [-0.1, -0.05) is 0 Å². The zero-order valence-corrected chi connectivity index (χ0v) is 8.09. The fourth-order valence-corrected chi connectivity index (χ4v) is 0.986.